The van der Waals surface area contributed by atoms with E-state index in [9.17, 15) is 5.11 Å². The average Bonchev–Trinajstić information content (AvgIpc) is 2.99. The monoisotopic (exact) mass is 314 g/mol. The van der Waals surface area contributed by atoms with Gasteiger partial charge in [-0.15, -0.1) is 0 Å². The predicted molar refractivity (Wildman–Crippen MR) is 76.6 cm³/mol. The summed E-state index contributed by atoms with van der Waals surface area (Å²) in [4.78, 5) is 0. The number of hydrogen-bond acceptors (Lipinski definition) is 2. The molecule has 0 aromatic carbocycles. The molecule has 1 atom stereocenters. The second-order valence-corrected chi connectivity index (χ2v) is 5.99. The number of aryl methyl sites for hydroxylation is 2. The van der Waals surface area contributed by atoms with Gasteiger partial charge in [-0.1, -0.05) is 19.8 Å². The molecule has 3 nitrogen and oxygen atoms in total. The van der Waals surface area contributed by atoms with Gasteiger partial charge >= 0.3 is 0 Å². The summed E-state index contributed by atoms with van der Waals surface area (Å²) in [5.74, 6) is 0.488. The van der Waals surface area contributed by atoms with Crippen LogP contribution in [0.1, 0.15) is 50.9 Å². The van der Waals surface area contributed by atoms with Crippen molar-refractivity contribution in [3.63, 3.8) is 0 Å². The molecule has 1 heterocycles. The molecule has 1 saturated carbocycles. The number of aliphatic hydroxyl groups is 1. The fourth-order valence-electron chi connectivity index (χ4n) is 2.92. The second kappa shape index (κ2) is 6.20. The van der Waals surface area contributed by atoms with Crippen LogP contribution in [0.25, 0.3) is 0 Å². The second-order valence-electron chi connectivity index (χ2n) is 5.19. The van der Waals surface area contributed by atoms with Crippen LogP contribution in [0.3, 0.4) is 0 Å². The lowest BCUT2D eigenvalue weighted by Gasteiger charge is -2.18. The first-order valence-corrected chi connectivity index (χ1v) is 7.88. The van der Waals surface area contributed by atoms with Gasteiger partial charge in [0.25, 0.3) is 0 Å². The van der Waals surface area contributed by atoms with E-state index in [4.69, 9.17) is 0 Å². The maximum Gasteiger partial charge on any atom is 0.0766 e. The zero-order valence-electron chi connectivity index (χ0n) is 11.3. The number of nitrogens with zero attached hydrogens (tertiary/aromatic N) is 2. The van der Waals surface area contributed by atoms with E-state index < -0.39 is 0 Å². The molecule has 102 valence electrons. The smallest absolute Gasteiger partial charge is 0.0766 e. The molecule has 4 heteroatoms. The molecule has 0 aliphatic heterocycles. The maximum atomic E-state index is 10.4. The van der Waals surface area contributed by atoms with Gasteiger partial charge in [0.15, 0.2) is 0 Å². The molecule has 1 N–H and O–H groups in total. The van der Waals surface area contributed by atoms with Crippen molar-refractivity contribution in [2.75, 3.05) is 0 Å². The molecule has 0 bridgehead atoms. The van der Waals surface area contributed by atoms with Crippen molar-refractivity contribution in [1.29, 1.82) is 0 Å². The third kappa shape index (κ3) is 2.80. The van der Waals surface area contributed by atoms with Crippen LogP contribution in [0.2, 0.25) is 0 Å². The van der Waals surface area contributed by atoms with Crippen molar-refractivity contribution >= 4 is 15.9 Å². The SMILES string of the molecule is CCc1nn(CC)c(CC(O)C2CCCC2)c1Br. The van der Waals surface area contributed by atoms with E-state index in [-0.39, 0.29) is 6.10 Å². The van der Waals surface area contributed by atoms with Crippen LogP contribution in [-0.2, 0) is 19.4 Å². The number of hydrogen-bond donors (Lipinski definition) is 1. The molecule has 0 amide bonds. The Morgan fingerprint density at radius 1 is 1.39 bits per heavy atom. The Balaban J connectivity index is 2.14. The van der Waals surface area contributed by atoms with E-state index >= 15 is 0 Å². The molecular formula is C14H23BrN2O. The summed E-state index contributed by atoms with van der Waals surface area (Å²) in [5, 5.41) is 15.0. The summed E-state index contributed by atoms with van der Waals surface area (Å²) >= 11 is 3.65. The maximum absolute atomic E-state index is 10.4. The van der Waals surface area contributed by atoms with Crippen molar-refractivity contribution in [3.8, 4) is 0 Å². The summed E-state index contributed by atoms with van der Waals surface area (Å²) in [6, 6.07) is 0. The molecule has 1 fully saturated rings. The Kier molecular flexibility index (Phi) is 4.84. The fraction of sp³-hybridized carbons (Fsp3) is 0.786. The van der Waals surface area contributed by atoms with Crippen molar-refractivity contribution in [3.05, 3.63) is 15.9 Å². The minimum atomic E-state index is -0.212. The Hall–Kier alpha value is -0.350. The summed E-state index contributed by atoms with van der Waals surface area (Å²) in [7, 11) is 0. The quantitative estimate of drug-likeness (QED) is 0.905. The van der Waals surface area contributed by atoms with E-state index in [1.165, 1.54) is 25.7 Å². The van der Waals surface area contributed by atoms with Crippen LogP contribution < -0.4 is 0 Å². The minimum absolute atomic E-state index is 0.212. The van der Waals surface area contributed by atoms with E-state index in [0.29, 0.717) is 5.92 Å². The molecule has 1 aromatic rings. The lowest BCUT2D eigenvalue weighted by molar-refractivity contribution is 0.108. The van der Waals surface area contributed by atoms with Crippen LogP contribution in [0.5, 0.6) is 0 Å². The van der Waals surface area contributed by atoms with E-state index in [1.807, 2.05) is 4.68 Å². The molecule has 0 spiro atoms. The predicted octanol–water partition coefficient (Wildman–Crippen LogP) is 3.32. The van der Waals surface area contributed by atoms with E-state index in [1.54, 1.807) is 0 Å². The summed E-state index contributed by atoms with van der Waals surface area (Å²) < 4.78 is 3.13. The Morgan fingerprint density at radius 3 is 2.61 bits per heavy atom. The first-order chi connectivity index (χ1) is 8.67. The molecule has 0 radical (unpaired) electrons. The van der Waals surface area contributed by atoms with Gasteiger partial charge in [0.05, 0.1) is 22.0 Å². The Labute approximate surface area is 118 Å². The zero-order chi connectivity index (χ0) is 13.1. The molecule has 0 saturated heterocycles. The first kappa shape index (κ1) is 14.1. The topological polar surface area (TPSA) is 38.0 Å². The highest BCUT2D eigenvalue weighted by molar-refractivity contribution is 9.10. The van der Waals surface area contributed by atoms with Crippen LogP contribution >= 0.6 is 15.9 Å². The lowest BCUT2D eigenvalue weighted by Crippen LogP contribution is -2.22. The zero-order valence-corrected chi connectivity index (χ0v) is 12.9. The summed E-state index contributed by atoms with van der Waals surface area (Å²) in [6.07, 6.45) is 6.35. The van der Waals surface area contributed by atoms with Crippen LogP contribution in [-0.4, -0.2) is 21.0 Å². The molecule has 18 heavy (non-hydrogen) atoms. The van der Waals surface area contributed by atoms with Crippen LogP contribution in [0.4, 0.5) is 0 Å². The molecular weight excluding hydrogens is 292 g/mol. The number of aliphatic hydroxyl groups excluding tert-OH is 1. The van der Waals surface area contributed by atoms with Gasteiger partial charge in [-0.05, 0) is 48.0 Å². The number of halogens is 1. The van der Waals surface area contributed by atoms with Crippen molar-refractivity contribution in [2.45, 2.75) is 65.0 Å². The number of aromatic nitrogens is 2. The normalized spacial score (nSPS) is 18.4. The van der Waals surface area contributed by atoms with Crippen molar-refractivity contribution < 1.29 is 5.11 Å². The lowest BCUT2D eigenvalue weighted by atomic mass is 9.97. The highest BCUT2D eigenvalue weighted by atomic mass is 79.9. The molecule has 1 aromatic heterocycles. The van der Waals surface area contributed by atoms with E-state index in [2.05, 4.69) is 34.9 Å². The van der Waals surface area contributed by atoms with Crippen molar-refractivity contribution in [1.82, 2.24) is 9.78 Å². The molecule has 2 rings (SSSR count). The molecule has 1 aliphatic rings. The van der Waals surface area contributed by atoms with Gasteiger partial charge in [-0.2, -0.15) is 5.10 Å². The fourth-order valence-corrected chi connectivity index (χ4v) is 3.65. The van der Waals surface area contributed by atoms with Gasteiger partial charge in [0.1, 0.15) is 0 Å². The van der Waals surface area contributed by atoms with Gasteiger partial charge in [0, 0.05) is 13.0 Å². The largest absolute Gasteiger partial charge is 0.392 e. The average molecular weight is 315 g/mol. The highest BCUT2D eigenvalue weighted by Crippen LogP contribution is 2.31. The number of rotatable bonds is 5. The highest BCUT2D eigenvalue weighted by Gasteiger charge is 2.26. The third-order valence-electron chi connectivity index (χ3n) is 4.04. The van der Waals surface area contributed by atoms with Gasteiger partial charge in [-0.25, -0.2) is 0 Å². The molecule has 1 aliphatic carbocycles. The van der Waals surface area contributed by atoms with Crippen molar-refractivity contribution in [2.24, 2.45) is 5.92 Å². The van der Waals surface area contributed by atoms with Gasteiger partial charge < -0.3 is 5.11 Å². The van der Waals surface area contributed by atoms with Crippen LogP contribution in [0, 0.1) is 5.92 Å². The first-order valence-electron chi connectivity index (χ1n) is 7.09. The molecule has 1 unspecified atom stereocenters. The van der Waals surface area contributed by atoms with Gasteiger partial charge in [-0.3, -0.25) is 4.68 Å². The van der Waals surface area contributed by atoms with Crippen LogP contribution in [0.15, 0.2) is 4.47 Å². The summed E-state index contributed by atoms with van der Waals surface area (Å²) in [6.45, 7) is 5.08. The third-order valence-corrected chi connectivity index (χ3v) is 4.96. The van der Waals surface area contributed by atoms with E-state index in [0.717, 1.165) is 35.2 Å². The Bertz CT molecular complexity index is 397. The Morgan fingerprint density at radius 2 is 2.06 bits per heavy atom. The minimum Gasteiger partial charge on any atom is -0.392 e. The summed E-state index contributed by atoms with van der Waals surface area (Å²) in [5.41, 5.74) is 2.26. The van der Waals surface area contributed by atoms with Gasteiger partial charge in [0.2, 0.25) is 0 Å². The standard InChI is InChI=1S/C14H23BrN2O/c1-3-11-14(15)12(17(4-2)16-11)9-13(18)10-7-5-6-8-10/h10,13,18H,3-9H2,1-2H3.